The molecule has 1 unspecified atom stereocenters. The third kappa shape index (κ3) is 3.57. The molecule has 0 saturated carbocycles. The summed E-state index contributed by atoms with van der Waals surface area (Å²) in [4.78, 5) is 23.9. The second-order valence-corrected chi connectivity index (χ2v) is 6.02. The third-order valence-corrected chi connectivity index (χ3v) is 4.12. The molecule has 0 fully saturated rings. The molecule has 110 valence electrons. The summed E-state index contributed by atoms with van der Waals surface area (Å²) >= 11 is 9.40. The molecule has 1 N–H and O–H groups in total. The minimum atomic E-state index is -0.906. The van der Waals surface area contributed by atoms with Crippen molar-refractivity contribution in [2.75, 3.05) is 0 Å². The average Bonchev–Trinajstić information content (AvgIpc) is 2.42. The molecule has 1 aliphatic heterocycles. The predicted molar refractivity (Wildman–Crippen MR) is 82.7 cm³/mol. The van der Waals surface area contributed by atoms with Gasteiger partial charge in [-0.1, -0.05) is 33.6 Å². The number of carbonyl (C=O) groups is 2. The van der Waals surface area contributed by atoms with E-state index < -0.39 is 17.7 Å². The van der Waals surface area contributed by atoms with E-state index in [1.54, 1.807) is 19.9 Å². The average molecular weight is 371 g/mol. The van der Waals surface area contributed by atoms with Gasteiger partial charge in [-0.2, -0.15) is 5.11 Å². The molecule has 5 nitrogen and oxygen atoms in total. The van der Waals surface area contributed by atoms with Crippen LogP contribution in [0.15, 0.2) is 44.2 Å². The molecule has 1 heterocycles. The molecule has 0 aliphatic carbocycles. The number of halogens is 2. The topological polar surface area (TPSA) is 70.9 Å². The van der Waals surface area contributed by atoms with Crippen LogP contribution in [-0.2, 0) is 16.1 Å². The summed E-state index contributed by atoms with van der Waals surface area (Å²) in [6.45, 7) is 3.68. The Morgan fingerprint density at radius 2 is 2.10 bits per heavy atom. The van der Waals surface area contributed by atoms with Gasteiger partial charge in [0, 0.05) is 16.0 Å². The summed E-state index contributed by atoms with van der Waals surface area (Å²) in [5, 5.41) is 10.5. The van der Waals surface area contributed by atoms with Crippen molar-refractivity contribution in [1.29, 1.82) is 0 Å². The Morgan fingerprint density at radius 1 is 1.38 bits per heavy atom. The van der Waals surface area contributed by atoms with E-state index in [-0.39, 0.29) is 6.54 Å². The van der Waals surface area contributed by atoms with Gasteiger partial charge in [0.05, 0.1) is 5.70 Å². The number of nitrogens with zero attached hydrogens (tertiary/aromatic N) is 2. The highest BCUT2D eigenvalue weighted by Crippen LogP contribution is 2.24. The molecule has 0 saturated heterocycles. The first kappa shape index (κ1) is 15.9. The molecular formula is C14H13BrClN3O2. The molecule has 1 atom stereocenters. The zero-order valence-electron chi connectivity index (χ0n) is 11.5. The van der Waals surface area contributed by atoms with E-state index in [9.17, 15) is 9.59 Å². The first-order valence-electron chi connectivity index (χ1n) is 6.24. The van der Waals surface area contributed by atoms with E-state index in [1.807, 2.05) is 12.1 Å². The molecule has 1 aromatic carbocycles. The number of allylic oxidation sites excluding steroid dienone is 1. The fraction of sp³-hybridized carbons (Fsp3) is 0.286. The first-order valence-corrected chi connectivity index (χ1v) is 7.42. The largest absolute Gasteiger partial charge is 0.351 e. The van der Waals surface area contributed by atoms with Crippen LogP contribution in [0.25, 0.3) is 0 Å². The fourth-order valence-electron chi connectivity index (χ4n) is 1.91. The van der Waals surface area contributed by atoms with E-state index in [1.165, 1.54) is 0 Å². The number of hydrogen-bond acceptors (Lipinski definition) is 3. The second kappa shape index (κ2) is 6.49. The maximum absolute atomic E-state index is 12.2. The van der Waals surface area contributed by atoms with Crippen LogP contribution >= 0.6 is 27.5 Å². The zero-order chi connectivity index (χ0) is 15.6. The lowest BCUT2D eigenvalue weighted by atomic mass is 9.96. The molecule has 7 heteroatoms. The van der Waals surface area contributed by atoms with E-state index in [4.69, 9.17) is 11.6 Å². The van der Waals surface area contributed by atoms with E-state index in [0.29, 0.717) is 16.3 Å². The van der Waals surface area contributed by atoms with Gasteiger partial charge in [-0.3, -0.25) is 9.59 Å². The lowest BCUT2D eigenvalue weighted by Gasteiger charge is -2.18. The van der Waals surface area contributed by atoms with Crippen LogP contribution in [0.4, 0.5) is 0 Å². The number of hydrogen-bond donors (Lipinski definition) is 1. The summed E-state index contributed by atoms with van der Waals surface area (Å²) in [5.41, 5.74) is 1.99. The quantitative estimate of drug-likeness (QED) is 0.825. The highest BCUT2D eigenvalue weighted by Gasteiger charge is 2.32. The van der Waals surface area contributed by atoms with Gasteiger partial charge in [0.25, 0.3) is 5.91 Å². The maximum Gasteiger partial charge on any atom is 0.281 e. The number of rotatable bonds is 3. The normalized spacial score (nSPS) is 18.1. The van der Waals surface area contributed by atoms with Crippen LogP contribution in [0.5, 0.6) is 0 Å². The summed E-state index contributed by atoms with van der Waals surface area (Å²) in [7, 11) is 0. The van der Waals surface area contributed by atoms with Crippen molar-refractivity contribution in [3.05, 3.63) is 44.5 Å². The Morgan fingerprint density at radius 3 is 2.76 bits per heavy atom. The summed E-state index contributed by atoms with van der Waals surface area (Å²) in [6.07, 6.45) is 0. The number of benzene rings is 1. The van der Waals surface area contributed by atoms with E-state index >= 15 is 0 Å². The Bertz CT molecular complexity index is 670. The second-order valence-electron chi connectivity index (χ2n) is 4.69. The Labute approximate surface area is 135 Å². The van der Waals surface area contributed by atoms with Gasteiger partial charge in [-0.15, -0.1) is 5.11 Å². The third-order valence-electron chi connectivity index (χ3n) is 3.28. The number of azo groups is 1. The van der Waals surface area contributed by atoms with Gasteiger partial charge < -0.3 is 5.32 Å². The first-order chi connectivity index (χ1) is 9.90. The molecule has 0 bridgehead atoms. The lowest BCUT2D eigenvalue weighted by Crippen LogP contribution is -2.36. The summed E-state index contributed by atoms with van der Waals surface area (Å²) < 4.78 is 0.861. The minimum Gasteiger partial charge on any atom is -0.351 e. The zero-order valence-corrected chi connectivity index (χ0v) is 13.8. The molecule has 21 heavy (non-hydrogen) atoms. The maximum atomic E-state index is 12.2. The molecule has 0 spiro atoms. The van der Waals surface area contributed by atoms with Crippen LogP contribution in [0.1, 0.15) is 19.4 Å². The molecule has 1 aromatic rings. The molecule has 2 rings (SSSR count). The highest BCUT2D eigenvalue weighted by atomic mass is 79.9. The van der Waals surface area contributed by atoms with E-state index in [0.717, 1.165) is 10.0 Å². The molecule has 2 amide bonds. The summed E-state index contributed by atoms with van der Waals surface area (Å²) in [5.74, 6) is -1.84. The molecule has 0 radical (unpaired) electrons. The van der Waals surface area contributed by atoms with Gasteiger partial charge in [0.15, 0.2) is 0 Å². The number of carbonyl (C=O) groups excluding carboxylic acids is 2. The van der Waals surface area contributed by atoms with Crippen molar-refractivity contribution in [3.63, 3.8) is 0 Å². The fourth-order valence-corrected chi connectivity index (χ4v) is 2.65. The van der Waals surface area contributed by atoms with Crippen LogP contribution in [0.2, 0.25) is 5.02 Å². The van der Waals surface area contributed by atoms with Gasteiger partial charge in [0.1, 0.15) is 5.92 Å². The van der Waals surface area contributed by atoms with Crippen molar-refractivity contribution in [3.8, 4) is 0 Å². The van der Waals surface area contributed by atoms with Crippen LogP contribution in [0, 0.1) is 5.92 Å². The Balaban J connectivity index is 2.08. The predicted octanol–water partition coefficient (Wildman–Crippen LogP) is 3.62. The molecule has 0 aromatic heterocycles. The van der Waals surface area contributed by atoms with Crippen molar-refractivity contribution >= 4 is 39.3 Å². The van der Waals surface area contributed by atoms with Gasteiger partial charge >= 0.3 is 0 Å². The smallest absolute Gasteiger partial charge is 0.281 e. The SMILES string of the molecule is CC1=C(C)C(C(=O)NCc2ccc(Br)cc2Cl)C(=O)N=N1. The standard InChI is InChI=1S/C14H13BrClN3O2/c1-7-8(2)18-19-14(21)12(7)13(20)17-6-9-3-4-10(15)5-11(9)16/h3-5,12H,6H2,1-2H3,(H,17,20). The minimum absolute atomic E-state index is 0.248. The van der Waals surface area contributed by atoms with Crippen LogP contribution < -0.4 is 5.32 Å². The van der Waals surface area contributed by atoms with Gasteiger partial charge in [-0.05, 0) is 37.1 Å². The molecule has 1 aliphatic rings. The van der Waals surface area contributed by atoms with E-state index in [2.05, 4.69) is 31.5 Å². The monoisotopic (exact) mass is 369 g/mol. The highest BCUT2D eigenvalue weighted by molar-refractivity contribution is 9.10. The Hall–Kier alpha value is -1.53. The van der Waals surface area contributed by atoms with Crippen LogP contribution in [0.3, 0.4) is 0 Å². The van der Waals surface area contributed by atoms with Crippen molar-refractivity contribution in [2.45, 2.75) is 20.4 Å². The number of amides is 2. The van der Waals surface area contributed by atoms with Crippen molar-refractivity contribution in [2.24, 2.45) is 16.1 Å². The summed E-state index contributed by atoms with van der Waals surface area (Å²) in [6, 6.07) is 5.39. The van der Waals surface area contributed by atoms with Crippen molar-refractivity contribution < 1.29 is 9.59 Å². The van der Waals surface area contributed by atoms with Gasteiger partial charge in [-0.25, -0.2) is 0 Å². The van der Waals surface area contributed by atoms with Gasteiger partial charge in [0.2, 0.25) is 5.91 Å². The van der Waals surface area contributed by atoms with Crippen LogP contribution in [-0.4, -0.2) is 11.8 Å². The Kier molecular flexibility index (Phi) is 4.90. The van der Waals surface area contributed by atoms with Crippen molar-refractivity contribution in [1.82, 2.24) is 5.32 Å². The molecular weight excluding hydrogens is 358 g/mol. The number of nitrogens with one attached hydrogen (secondary N) is 1. The lowest BCUT2D eigenvalue weighted by molar-refractivity contribution is -0.132.